The van der Waals surface area contributed by atoms with Crippen molar-refractivity contribution in [3.63, 3.8) is 0 Å². The minimum atomic E-state index is -0.681. The number of rotatable bonds is 8. The first-order chi connectivity index (χ1) is 14.9. The molecule has 0 saturated carbocycles. The number of nitrogens with zero attached hydrogens (tertiary/aromatic N) is 1. The van der Waals surface area contributed by atoms with E-state index in [1.165, 1.54) is 16.7 Å². The van der Waals surface area contributed by atoms with Gasteiger partial charge in [-0.2, -0.15) is 0 Å². The second-order valence-electron chi connectivity index (χ2n) is 8.41. The van der Waals surface area contributed by atoms with Gasteiger partial charge in [-0.05, 0) is 63.1 Å². The molecule has 2 amide bonds. The van der Waals surface area contributed by atoms with Crippen molar-refractivity contribution in [2.75, 3.05) is 5.75 Å². The lowest BCUT2D eigenvalue weighted by atomic mass is 10.1. The molecule has 1 N–H and O–H groups in total. The Kier molecular flexibility index (Phi) is 10.0. The van der Waals surface area contributed by atoms with Crippen LogP contribution in [0.5, 0.6) is 0 Å². The molecule has 174 valence electrons. The van der Waals surface area contributed by atoms with Crippen molar-refractivity contribution in [3.05, 3.63) is 67.6 Å². The highest BCUT2D eigenvalue weighted by molar-refractivity contribution is 7.99. The molecule has 0 radical (unpaired) electrons. The van der Waals surface area contributed by atoms with Crippen molar-refractivity contribution in [2.24, 2.45) is 0 Å². The molecular weight excluding hydrogens is 510 g/mol. The van der Waals surface area contributed by atoms with Crippen molar-refractivity contribution in [1.82, 2.24) is 10.2 Å². The number of thioether (sulfide) groups is 1. The fourth-order valence-corrected chi connectivity index (χ4v) is 4.51. The summed E-state index contributed by atoms with van der Waals surface area (Å²) in [6, 6.07) is 9.81. The van der Waals surface area contributed by atoms with Crippen LogP contribution in [-0.4, -0.2) is 34.0 Å². The summed E-state index contributed by atoms with van der Waals surface area (Å²) < 4.78 is 0. The molecule has 0 saturated heterocycles. The van der Waals surface area contributed by atoms with Crippen molar-refractivity contribution in [2.45, 2.75) is 51.6 Å². The van der Waals surface area contributed by atoms with Crippen LogP contribution in [0.2, 0.25) is 20.1 Å². The first kappa shape index (κ1) is 27.1. The van der Waals surface area contributed by atoms with Crippen LogP contribution in [0, 0.1) is 0 Å². The van der Waals surface area contributed by atoms with Gasteiger partial charge in [0.25, 0.3) is 0 Å². The van der Waals surface area contributed by atoms with Crippen molar-refractivity contribution < 1.29 is 9.59 Å². The molecule has 2 aromatic rings. The molecule has 32 heavy (non-hydrogen) atoms. The zero-order valence-electron chi connectivity index (χ0n) is 18.3. The lowest BCUT2D eigenvalue weighted by Gasteiger charge is -2.31. The lowest BCUT2D eigenvalue weighted by molar-refractivity contribution is -0.139. The largest absolute Gasteiger partial charge is 0.350 e. The lowest BCUT2D eigenvalue weighted by Crippen LogP contribution is -2.52. The van der Waals surface area contributed by atoms with Gasteiger partial charge in [-0.1, -0.05) is 58.5 Å². The van der Waals surface area contributed by atoms with Gasteiger partial charge in [-0.3, -0.25) is 9.59 Å². The number of amides is 2. The Bertz CT molecular complexity index is 979. The predicted octanol–water partition coefficient (Wildman–Crippen LogP) is 6.87. The highest BCUT2D eigenvalue weighted by atomic mass is 35.5. The van der Waals surface area contributed by atoms with Gasteiger partial charge >= 0.3 is 0 Å². The molecule has 0 bridgehead atoms. The maximum absolute atomic E-state index is 13.2. The molecule has 9 heteroatoms. The molecule has 0 aliphatic rings. The summed E-state index contributed by atoms with van der Waals surface area (Å²) in [7, 11) is 0. The summed E-state index contributed by atoms with van der Waals surface area (Å²) in [6.45, 7) is 7.60. The van der Waals surface area contributed by atoms with Crippen LogP contribution in [0.25, 0.3) is 0 Å². The van der Waals surface area contributed by atoms with Gasteiger partial charge in [0.2, 0.25) is 11.8 Å². The van der Waals surface area contributed by atoms with Gasteiger partial charge in [0.1, 0.15) is 6.04 Å². The molecular formula is C23H26Cl4N2O2S. The fourth-order valence-electron chi connectivity index (χ4n) is 2.86. The smallest absolute Gasteiger partial charge is 0.242 e. The zero-order chi connectivity index (χ0) is 24.1. The Morgan fingerprint density at radius 2 is 1.69 bits per heavy atom. The molecule has 0 heterocycles. The first-order valence-electron chi connectivity index (χ1n) is 9.94. The van der Waals surface area contributed by atoms with Crippen molar-refractivity contribution >= 4 is 70.0 Å². The standard InChI is InChI=1S/C23H26Cl4N2O2S/c1-14(22(31)28-23(2,3)4)29(11-16-6-7-17(24)10-19(16)26)21(30)13-32-12-15-5-8-18(25)20(27)9-15/h5-10,14H,11-13H2,1-4H3,(H,28,31)/t14-/m1/s1. The maximum atomic E-state index is 13.2. The predicted molar refractivity (Wildman–Crippen MR) is 137 cm³/mol. The highest BCUT2D eigenvalue weighted by Crippen LogP contribution is 2.26. The molecule has 1 atom stereocenters. The van der Waals surface area contributed by atoms with Crippen molar-refractivity contribution in [3.8, 4) is 0 Å². The van der Waals surface area contributed by atoms with Gasteiger partial charge in [-0.15, -0.1) is 11.8 Å². The maximum Gasteiger partial charge on any atom is 0.242 e. The van der Waals surface area contributed by atoms with E-state index >= 15 is 0 Å². The number of carbonyl (C=O) groups excluding carboxylic acids is 2. The number of nitrogens with one attached hydrogen (secondary N) is 1. The van der Waals surface area contributed by atoms with Gasteiger partial charge < -0.3 is 10.2 Å². The molecule has 0 spiro atoms. The average Bonchev–Trinajstić information content (AvgIpc) is 2.68. The summed E-state index contributed by atoms with van der Waals surface area (Å²) in [5.41, 5.74) is 1.26. The molecule has 0 aromatic heterocycles. The number of carbonyl (C=O) groups is 2. The molecule has 4 nitrogen and oxygen atoms in total. The van der Waals surface area contributed by atoms with Gasteiger partial charge in [0.15, 0.2) is 0 Å². The number of benzene rings is 2. The Balaban J connectivity index is 2.15. The number of halogens is 4. The van der Waals surface area contributed by atoms with E-state index in [2.05, 4.69) is 5.32 Å². The Morgan fingerprint density at radius 1 is 1.00 bits per heavy atom. The van der Waals surface area contributed by atoms with E-state index in [1.54, 1.807) is 37.3 Å². The second kappa shape index (κ2) is 11.8. The van der Waals surface area contributed by atoms with Crippen LogP contribution in [-0.2, 0) is 21.9 Å². The highest BCUT2D eigenvalue weighted by Gasteiger charge is 2.28. The monoisotopic (exact) mass is 534 g/mol. The summed E-state index contributed by atoms with van der Waals surface area (Å²) in [6.07, 6.45) is 0. The van der Waals surface area contributed by atoms with E-state index in [0.29, 0.717) is 31.4 Å². The molecule has 0 unspecified atom stereocenters. The van der Waals surface area contributed by atoms with E-state index in [9.17, 15) is 9.59 Å². The summed E-state index contributed by atoms with van der Waals surface area (Å²) in [5.74, 6) is 0.377. The van der Waals surface area contributed by atoms with Crippen LogP contribution in [0.3, 0.4) is 0 Å². The van der Waals surface area contributed by atoms with Crippen LogP contribution >= 0.6 is 58.2 Å². The van der Waals surface area contributed by atoms with E-state index in [4.69, 9.17) is 46.4 Å². The Morgan fingerprint density at radius 3 is 2.28 bits per heavy atom. The minimum Gasteiger partial charge on any atom is -0.350 e. The van der Waals surface area contributed by atoms with Gasteiger partial charge in [0, 0.05) is 27.9 Å². The molecule has 2 rings (SSSR count). The minimum absolute atomic E-state index is 0.169. The fraction of sp³-hybridized carbons (Fsp3) is 0.391. The topological polar surface area (TPSA) is 49.4 Å². The zero-order valence-corrected chi connectivity index (χ0v) is 22.2. The van der Waals surface area contributed by atoms with Crippen LogP contribution < -0.4 is 5.32 Å². The molecule has 0 aliphatic heterocycles. The quantitative estimate of drug-likeness (QED) is 0.401. The first-order valence-corrected chi connectivity index (χ1v) is 12.6. The van der Waals surface area contributed by atoms with Gasteiger partial charge in [-0.25, -0.2) is 0 Å². The molecule has 2 aromatic carbocycles. The third kappa shape index (κ3) is 8.35. The van der Waals surface area contributed by atoms with Crippen LogP contribution in [0.15, 0.2) is 36.4 Å². The van der Waals surface area contributed by atoms with Crippen LogP contribution in [0.4, 0.5) is 0 Å². The average molecular weight is 536 g/mol. The van der Waals surface area contributed by atoms with Gasteiger partial charge in [0.05, 0.1) is 15.8 Å². The van der Waals surface area contributed by atoms with E-state index < -0.39 is 11.6 Å². The number of hydrogen-bond acceptors (Lipinski definition) is 3. The molecule has 0 aliphatic carbocycles. The van der Waals surface area contributed by atoms with Crippen LogP contribution in [0.1, 0.15) is 38.8 Å². The van der Waals surface area contributed by atoms with E-state index in [0.717, 1.165) is 5.56 Å². The second-order valence-corrected chi connectivity index (χ2v) is 11.1. The van der Waals surface area contributed by atoms with Crippen molar-refractivity contribution in [1.29, 1.82) is 0 Å². The van der Waals surface area contributed by atoms with E-state index in [-0.39, 0.29) is 24.1 Å². The third-order valence-electron chi connectivity index (χ3n) is 4.50. The summed E-state index contributed by atoms with van der Waals surface area (Å²) in [4.78, 5) is 27.5. The SMILES string of the molecule is C[C@H](C(=O)NC(C)(C)C)N(Cc1ccc(Cl)cc1Cl)C(=O)CSCc1ccc(Cl)c(Cl)c1. The summed E-state index contributed by atoms with van der Waals surface area (Å²) >= 11 is 25.8. The number of hydrogen-bond donors (Lipinski definition) is 1. The van der Waals surface area contributed by atoms with E-state index in [1.807, 2.05) is 26.8 Å². The Labute approximate surface area is 213 Å². The molecule has 0 fully saturated rings. The third-order valence-corrected chi connectivity index (χ3v) is 6.81. The Hall–Kier alpha value is -1.11. The normalized spacial score (nSPS) is 12.4. The summed E-state index contributed by atoms with van der Waals surface area (Å²) in [5, 5.41) is 4.85.